The summed E-state index contributed by atoms with van der Waals surface area (Å²) < 4.78 is 0. The zero-order valence-corrected chi connectivity index (χ0v) is 21.9. The van der Waals surface area contributed by atoms with Gasteiger partial charge in [0.2, 0.25) is 0 Å². The Kier molecular flexibility index (Phi) is 26.6. The fourth-order valence-electron chi connectivity index (χ4n) is 0. The first-order valence-electron chi connectivity index (χ1n) is 1.13. The maximum absolute atomic E-state index is 2.51. The molecule has 0 aliphatic carbocycles. The van der Waals surface area contributed by atoms with E-state index in [0.717, 1.165) is 0 Å². The molecule has 8 heteroatoms. The zero-order valence-electron chi connectivity index (χ0n) is 3.27. The van der Waals surface area contributed by atoms with Crippen molar-refractivity contribution in [3.05, 3.63) is 0 Å². The van der Waals surface area contributed by atoms with E-state index in [9.17, 15) is 0 Å². The van der Waals surface area contributed by atoms with Crippen LogP contribution in [0, 0.1) is 0 Å². The molecule has 0 atom stereocenters. The van der Waals surface area contributed by atoms with Crippen LogP contribution in [0.25, 0.3) is 0 Å². The molecule has 0 aliphatic heterocycles. The Morgan fingerprint density at radius 1 is 0.500 bits per heavy atom. The van der Waals surface area contributed by atoms with Gasteiger partial charge in [0.25, 0.3) is 0 Å². The quantitative estimate of drug-likeness (QED) is 0.247. The predicted molar refractivity (Wildman–Crippen MR) is 95.6 cm³/mol. The second kappa shape index (κ2) is 13.0. The Labute approximate surface area is 122 Å². The van der Waals surface area contributed by atoms with Gasteiger partial charge in [-0.25, -0.2) is 0 Å². The van der Waals surface area contributed by atoms with Gasteiger partial charge in [-0.1, -0.05) is 0 Å². The molecule has 0 aliphatic rings. The van der Waals surface area contributed by atoms with Crippen molar-refractivity contribution in [3.63, 3.8) is 0 Å². The summed E-state index contributed by atoms with van der Waals surface area (Å²) in [6.45, 7) is 0. The van der Waals surface area contributed by atoms with Crippen LogP contribution in [0.15, 0.2) is 0 Å². The summed E-state index contributed by atoms with van der Waals surface area (Å²) in [6, 6.07) is 0. The summed E-state index contributed by atoms with van der Waals surface area (Å²) in [6.07, 6.45) is 0. The molecule has 2 radical (unpaired) electrons. The van der Waals surface area contributed by atoms with E-state index in [2.05, 4.69) is 112 Å². The number of hydrogen-bond donors (Lipinski definition) is 0. The molecular weight excluding hydrogens is 999 g/mol. The Morgan fingerprint density at radius 3 is 0.500 bits per heavy atom. The molecule has 0 aromatic carbocycles. The van der Waals surface area contributed by atoms with Crippen molar-refractivity contribution in [2.45, 2.75) is 0 Å². The van der Waals surface area contributed by atoms with E-state index in [-0.39, 0.29) is 0 Å². The van der Waals surface area contributed by atoms with Gasteiger partial charge in [-0.15, -0.1) is 0 Å². The molecule has 0 saturated heterocycles. The molecule has 0 N–H and O–H groups in total. The van der Waals surface area contributed by atoms with Gasteiger partial charge in [-0.05, 0) is 0 Å². The van der Waals surface area contributed by atoms with E-state index in [0.29, 0.717) is 0 Å². The second-order valence-corrected chi connectivity index (χ2v) is 129. The molecule has 0 bridgehead atoms. The predicted octanol–water partition coefficient (Wildman–Crippen LogP) is 4.55. The van der Waals surface area contributed by atoms with Gasteiger partial charge in [0.1, 0.15) is 0 Å². The van der Waals surface area contributed by atoms with E-state index < -0.39 is 15.7 Å². The molecule has 0 aromatic rings. The van der Waals surface area contributed by atoms with Crippen LogP contribution in [0.4, 0.5) is 0 Å². The first-order chi connectivity index (χ1) is 3.46. The average molecular weight is 999 g/mol. The molecule has 0 fully saturated rings. The van der Waals surface area contributed by atoms with Crippen LogP contribution in [-0.4, -0.2) is 15.7 Å². The molecule has 0 heterocycles. The van der Waals surface area contributed by atoms with Crippen molar-refractivity contribution in [2.75, 3.05) is 0 Å². The van der Waals surface area contributed by atoms with E-state index in [4.69, 9.17) is 0 Å². The number of halogens is 6. The summed E-state index contributed by atoms with van der Waals surface area (Å²) in [7, 11) is -1.27. The maximum atomic E-state index is 2.51. The summed E-state index contributed by atoms with van der Waals surface area (Å²) in [5.74, 6) is 0. The molecule has 0 amide bonds. The minimum atomic E-state index is -0.633. The van der Waals surface area contributed by atoms with E-state index in [1.165, 1.54) is 0 Å². The normalized spacial score (nSPS) is 9.00. The van der Waals surface area contributed by atoms with E-state index >= 15 is 0 Å². The molecule has 8 heavy (non-hydrogen) atoms. The van der Waals surface area contributed by atoms with Gasteiger partial charge in [0, 0.05) is 0 Å². The Bertz CT molecular complexity index is 22.0. The van der Waals surface area contributed by atoms with Gasteiger partial charge in [0.05, 0.1) is 0 Å². The second-order valence-electron chi connectivity index (χ2n) is 0.429. The molecule has 0 spiro atoms. The fraction of sp³-hybridized carbons (Fsp3) is 0. The van der Waals surface area contributed by atoms with Gasteiger partial charge < -0.3 is 0 Å². The molecule has 0 unspecified atom stereocenters. The third-order valence-corrected chi connectivity index (χ3v) is 0. The Balaban J connectivity index is 0. The van der Waals surface area contributed by atoms with Crippen molar-refractivity contribution >= 4 is 128 Å². The SMILES string of the molecule is [I][Sn]([I])[I].[I][Sn]([I])[I]. The number of rotatable bonds is 0. The average Bonchev–Trinajstić information content (AvgIpc) is 1.25. The van der Waals surface area contributed by atoms with Gasteiger partial charge in [-0.2, -0.15) is 0 Å². The van der Waals surface area contributed by atoms with Crippen LogP contribution in [0.5, 0.6) is 0 Å². The Hall–Kier alpha value is 5.98. The third-order valence-electron chi connectivity index (χ3n) is 0. The van der Waals surface area contributed by atoms with Crippen molar-refractivity contribution in [3.8, 4) is 0 Å². The van der Waals surface area contributed by atoms with Crippen molar-refractivity contribution < 1.29 is 0 Å². The summed E-state index contributed by atoms with van der Waals surface area (Å²) in [4.78, 5) is 0. The Morgan fingerprint density at radius 2 is 0.500 bits per heavy atom. The molecule has 0 nitrogen and oxygen atoms in total. The minimum absolute atomic E-state index is 0.633. The molecule has 0 rings (SSSR count). The van der Waals surface area contributed by atoms with Crippen LogP contribution >= 0.6 is 112 Å². The van der Waals surface area contributed by atoms with Gasteiger partial charge in [-0.3, -0.25) is 0 Å². The first kappa shape index (κ1) is 16.4. The molecule has 0 saturated carbocycles. The van der Waals surface area contributed by atoms with Crippen molar-refractivity contribution in [1.29, 1.82) is 0 Å². The molecule has 50 valence electrons. The zero-order chi connectivity index (χ0) is 7.15. The first-order valence-corrected chi connectivity index (χ1v) is 51.0. The van der Waals surface area contributed by atoms with Gasteiger partial charge in [0.15, 0.2) is 0 Å². The van der Waals surface area contributed by atoms with Crippen LogP contribution < -0.4 is 0 Å². The standard InChI is InChI=1S/6HI.2Sn/h6*1H;;/q;;;;;;2*+3/p-6. The van der Waals surface area contributed by atoms with Crippen molar-refractivity contribution in [2.24, 2.45) is 0 Å². The van der Waals surface area contributed by atoms with Crippen LogP contribution in [0.1, 0.15) is 0 Å². The van der Waals surface area contributed by atoms with Crippen LogP contribution in [0.2, 0.25) is 0 Å². The van der Waals surface area contributed by atoms with E-state index in [1.807, 2.05) is 0 Å². The van der Waals surface area contributed by atoms with Gasteiger partial charge >= 0.3 is 128 Å². The van der Waals surface area contributed by atoms with Crippen LogP contribution in [0.3, 0.4) is 0 Å². The molecular formula is I6Sn2. The fourth-order valence-corrected chi connectivity index (χ4v) is 0. The van der Waals surface area contributed by atoms with Crippen molar-refractivity contribution in [1.82, 2.24) is 0 Å². The van der Waals surface area contributed by atoms with E-state index in [1.54, 1.807) is 0 Å². The summed E-state index contributed by atoms with van der Waals surface area (Å²) in [5.41, 5.74) is 0. The topological polar surface area (TPSA) is 0 Å². The third kappa shape index (κ3) is 40.4. The molecule has 0 aromatic heterocycles. The summed E-state index contributed by atoms with van der Waals surface area (Å²) >= 11 is 15.1. The summed E-state index contributed by atoms with van der Waals surface area (Å²) in [5, 5.41) is 0. The number of hydrogen-bond acceptors (Lipinski definition) is 0. The monoisotopic (exact) mass is 1000 g/mol. The van der Waals surface area contributed by atoms with Crippen LogP contribution in [-0.2, 0) is 0 Å².